The third-order valence-corrected chi connectivity index (χ3v) is 5.86. The standard InChI is InChI=1S/C16H26ClNO2S/c1-6-16(7-2,21-5)11-18-10-12-8-13(17)15(20-4)14(9-12)19-3/h8-9,18H,6-7,10-11H2,1-5H3. The Morgan fingerprint density at radius 2 is 1.86 bits per heavy atom. The van der Waals surface area contributed by atoms with Gasteiger partial charge in [-0.1, -0.05) is 25.4 Å². The van der Waals surface area contributed by atoms with Crippen molar-refractivity contribution in [1.29, 1.82) is 0 Å². The third-order valence-electron chi connectivity index (χ3n) is 3.99. The van der Waals surface area contributed by atoms with E-state index in [0.29, 0.717) is 21.3 Å². The first-order valence-corrected chi connectivity index (χ1v) is 8.82. The number of nitrogens with one attached hydrogen (secondary N) is 1. The molecule has 0 aliphatic heterocycles. The topological polar surface area (TPSA) is 30.5 Å². The van der Waals surface area contributed by atoms with Crippen LogP contribution in [0.1, 0.15) is 32.3 Å². The molecule has 1 rings (SSSR count). The zero-order valence-corrected chi connectivity index (χ0v) is 15.2. The molecule has 0 unspecified atom stereocenters. The molecule has 0 amide bonds. The highest BCUT2D eigenvalue weighted by atomic mass is 35.5. The molecule has 1 N–H and O–H groups in total. The Kier molecular flexibility index (Phi) is 7.71. The van der Waals surface area contributed by atoms with Gasteiger partial charge >= 0.3 is 0 Å². The SMILES string of the molecule is CCC(CC)(CNCc1cc(Cl)c(OC)c(OC)c1)SC. The number of hydrogen-bond donors (Lipinski definition) is 1. The first-order chi connectivity index (χ1) is 10.1. The number of halogens is 1. The number of hydrogen-bond acceptors (Lipinski definition) is 4. The molecule has 0 bridgehead atoms. The second-order valence-electron chi connectivity index (χ2n) is 5.01. The molecule has 0 fully saturated rings. The fourth-order valence-corrected chi connectivity index (χ4v) is 3.50. The van der Waals surface area contributed by atoms with Crippen LogP contribution in [0.3, 0.4) is 0 Å². The van der Waals surface area contributed by atoms with Crippen LogP contribution in [0.15, 0.2) is 12.1 Å². The molecule has 21 heavy (non-hydrogen) atoms. The molecule has 1 aromatic rings. The van der Waals surface area contributed by atoms with E-state index in [1.165, 1.54) is 0 Å². The van der Waals surface area contributed by atoms with Gasteiger partial charge in [-0.05, 0) is 36.8 Å². The quantitative estimate of drug-likeness (QED) is 0.728. The van der Waals surface area contributed by atoms with Gasteiger partial charge < -0.3 is 14.8 Å². The van der Waals surface area contributed by atoms with Crippen LogP contribution in [0.4, 0.5) is 0 Å². The van der Waals surface area contributed by atoms with E-state index in [0.717, 1.165) is 31.5 Å². The molecule has 1 aromatic carbocycles. The Bertz CT molecular complexity index is 442. The zero-order chi connectivity index (χ0) is 15.9. The Morgan fingerprint density at radius 1 is 1.19 bits per heavy atom. The highest BCUT2D eigenvalue weighted by Crippen LogP contribution is 2.36. The van der Waals surface area contributed by atoms with Gasteiger partial charge in [0.1, 0.15) is 0 Å². The Balaban J connectivity index is 2.74. The lowest BCUT2D eigenvalue weighted by molar-refractivity contribution is 0.354. The summed E-state index contributed by atoms with van der Waals surface area (Å²) in [6, 6.07) is 3.89. The highest BCUT2D eigenvalue weighted by molar-refractivity contribution is 8.00. The molecular formula is C16H26ClNO2S. The predicted molar refractivity (Wildman–Crippen MR) is 93.1 cm³/mol. The molecule has 0 aliphatic carbocycles. The smallest absolute Gasteiger partial charge is 0.179 e. The summed E-state index contributed by atoms with van der Waals surface area (Å²) in [5.41, 5.74) is 1.10. The van der Waals surface area contributed by atoms with E-state index in [1.807, 2.05) is 23.9 Å². The summed E-state index contributed by atoms with van der Waals surface area (Å²) in [4.78, 5) is 0. The van der Waals surface area contributed by atoms with Gasteiger partial charge in [0, 0.05) is 17.8 Å². The minimum Gasteiger partial charge on any atom is -0.493 e. The van der Waals surface area contributed by atoms with Gasteiger partial charge in [0.2, 0.25) is 0 Å². The van der Waals surface area contributed by atoms with Gasteiger partial charge in [-0.3, -0.25) is 0 Å². The van der Waals surface area contributed by atoms with E-state index in [-0.39, 0.29) is 0 Å². The summed E-state index contributed by atoms with van der Waals surface area (Å²) in [5, 5.41) is 4.11. The predicted octanol–water partition coefficient (Wildman–Crippen LogP) is 4.37. The maximum atomic E-state index is 6.23. The number of thioether (sulfide) groups is 1. The fraction of sp³-hybridized carbons (Fsp3) is 0.625. The van der Waals surface area contributed by atoms with Gasteiger partial charge in [-0.15, -0.1) is 0 Å². The molecule has 5 heteroatoms. The maximum absolute atomic E-state index is 6.23. The van der Waals surface area contributed by atoms with E-state index >= 15 is 0 Å². The van der Waals surface area contributed by atoms with Crippen LogP contribution in [0, 0.1) is 0 Å². The maximum Gasteiger partial charge on any atom is 0.179 e. The number of methoxy groups -OCH3 is 2. The van der Waals surface area contributed by atoms with E-state index < -0.39 is 0 Å². The first kappa shape index (κ1) is 18.5. The van der Waals surface area contributed by atoms with Crippen molar-refractivity contribution in [3.05, 3.63) is 22.7 Å². The molecule has 0 aliphatic rings. The third kappa shape index (κ3) is 4.70. The minimum atomic E-state index is 0.306. The van der Waals surface area contributed by atoms with Crippen molar-refractivity contribution < 1.29 is 9.47 Å². The van der Waals surface area contributed by atoms with E-state index in [9.17, 15) is 0 Å². The molecule has 0 radical (unpaired) electrons. The normalized spacial score (nSPS) is 11.5. The van der Waals surface area contributed by atoms with Crippen molar-refractivity contribution in [2.24, 2.45) is 0 Å². The molecule has 0 spiro atoms. The zero-order valence-electron chi connectivity index (χ0n) is 13.6. The van der Waals surface area contributed by atoms with Crippen LogP contribution < -0.4 is 14.8 Å². The summed E-state index contributed by atoms with van der Waals surface area (Å²) in [7, 11) is 3.22. The Morgan fingerprint density at radius 3 is 2.33 bits per heavy atom. The first-order valence-electron chi connectivity index (χ1n) is 7.22. The monoisotopic (exact) mass is 331 g/mol. The van der Waals surface area contributed by atoms with Crippen molar-refractivity contribution in [2.75, 3.05) is 27.0 Å². The van der Waals surface area contributed by atoms with Crippen molar-refractivity contribution in [2.45, 2.75) is 38.0 Å². The summed E-state index contributed by atoms with van der Waals surface area (Å²) < 4.78 is 10.9. The largest absolute Gasteiger partial charge is 0.493 e. The molecule has 0 saturated heterocycles. The lowest BCUT2D eigenvalue weighted by Crippen LogP contribution is -2.36. The molecule has 0 heterocycles. The second-order valence-corrected chi connectivity index (χ2v) is 6.69. The van der Waals surface area contributed by atoms with E-state index in [1.54, 1.807) is 14.2 Å². The Labute approximate surface area is 137 Å². The lowest BCUT2D eigenvalue weighted by atomic mass is 10.0. The van der Waals surface area contributed by atoms with Crippen molar-refractivity contribution in [3.8, 4) is 11.5 Å². The van der Waals surface area contributed by atoms with Crippen LogP contribution in [0.25, 0.3) is 0 Å². The van der Waals surface area contributed by atoms with Gasteiger partial charge in [-0.2, -0.15) is 11.8 Å². The second kappa shape index (κ2) is 8.76. The lowest BCUT2D eigenvalue weighted by Gasteiger charge is -2.30. The van der Waals surface area contributed by atoms with Crippen LogP contribution in [-0.2, 0) is 6.54 Å². The number of rotatable bonds is 9. The van der Waals surface area contributed by atoms with Gasteiger partial charge in [-0.25, -0.2) is 0 Å². The Hall–Kier alpha value is -0.580. The van der Waals surface area contributed by atoms with Crippen LogP contribution in [-0.4, -0.2) is 31.8 Å². The molecule has 0 atom stereocenters. The average Bonchev–Trinajstić information content (AvgIpc) is 2.51. The molecular weight excluding hydrogens is 306 g/mol. The van der Waals surface area contributed by atoms with E-state index in [2.05, 4.69) is 25.4 Å². The summed E-state index contributed by atoms with van der Waals surface area (Å²) >= 11 is 8.16. The van der Waals surface area contributed by atoms with Gasteiger partial charge in [0.05, 0.1) is 19.2 Å². The molecule has 120 valence electrons. The number of benzene rings is 1. The highest BCUT2D eigenvalue weighted by Gasteiger charge is 2.24. The molecule has 0 aromatic heterocycles. The minimum absolute atomic E-state index is 0.306. The van der Waals surface area contributed by atoms with Gasteiger partial charge in [0.25, 0.3) is 0 Å². The molecule has 0 saturated carbocycles. The van der Waals surface area contributed by atoms with E-state index in [4.69, 9.17) is 21.1 Å². The fourth-order valence-electron chi connectivity index (χ4n) is 2.37. The molecule has 3 nitrogen and oxygen atoms in total. The van der Waals surface area contributed by atoms with Gasteiger partial charge in [0.15, 0.2) is 11.5 Å². The van der Waals surface area contributed by atoms with Crippen molar-refractivity contribution >= 4 is 23.4 Å². The van der Waals surface area contributed by atoms with Crippen LogP contribution >= 0.6 is 23.4 Å². The van der Waals surface area contributed by atoms with Crippen molar-refractivity contribution in [1.82, 2.24) is 5.32 Å². The summed E-state index contributed by atoms with van der Waals surface area (Å²) in [5.74, 6) is 1.26. The van der Waals surface area contributed by atoms with Crippen LogP contribution in [0.5, 0.6) is 11.5 Å². The van der Waals surface area contributed by atoms with Crippen molar-refractivity contribution in [3.63, 3.8) is 0 Å². The summed E-state index contributed by atoms with van der Waals surface area (Å²) in [6.45, 7) is 6.24. The number of ether oxygens (including phenoxy) is 2. The van der Waals surface area contributed by atoms with Crippen LogP contribution in [0.2, 0.25) is 5.02 Å². The average molecular weight is 332 g/mol. The summed E-state index contributed by atoms with van der Waals surface area (Å²) in [6.07, 6.45) is 4.50.